The Hall–Kier alpha value is -2.05. The van der Waals surface area contributed by atoms with Crippen molar-refractivity contribution in [3.8, 4) is 11.3 Å². The maximum atomic E-state index is 12.0. The predicted octanol–water partition coefficient (Wildman–Crippen LogP) is 3.76. The minimum absolute atomic E-state index is 0.0677. The fraction of sp³-hybridized carbons (Fsp3) is 0.133. The number of rotatable bonds is 4. The Morgan fingerprint density at radius 1 is 1.33 bits per heavy atom. The van der Waals surface area contributed by atoms with E-state index in [0.29, 0.717) is 5.56 Å². The molecule has 0 fully saturated rings. The predicted molar refractivity (Wildman–Crippen MR) is 85.5 cm³/mol. The van der Waals surface area contributed by atoms with Gasteiger partial charge in [-0.2, -0.15) is 11.3 Å². The van der Waals surface area contributed by atoms with Crippen molar-refractivity contribution in [1.29, 1.82) is 0 Å². The molecule has 3 aromatic rings. The average molecular weight is 315 g/mol. The molecule has 3 rings (SSSR count). The number of thiazole rings is 1. The first kappa shape index (κ1) is 13.9. The monoisotopic (exact) mass is 315 g/mol. The highest BCUT2D eigenvalue weighted by Crippen LogP contribution is 2.25. The highest BCUT2D eigenvalue weighted by molar-refractivity contribution is 7.10. The third-order valence-electron chi connectivity index (χ3n) is 2.98. The van der Waals surface area contributed by atoms with Crippen LogP contribution in [0.25, 0.3) is 11.3 Å². The van der Waals surface area contributed by atoms with E-state index in [1.165, 1.54) is 11.3 Å². The summed E-state index contributed by atoms with van der Waals surface area (Å²) in [5, 5.41) is 9.57. The molecule has 0 bridgehead atoms. The van der Waals surface area contributed by atoms with Gasteiger partial charge in [-0.15, -0.1) is 11.3 Å². The van der Waals surface area contributed by atoms with Gasteiger partial charge in [0.05, 0.1) is 17.3 Å². The van der Waals surface area contributed by atoms with Gasteiger partial charge in [-0.05, 0) is 30.5 Å². The topological polar surface area (TPSA) is 54.9 Å². The Kier molecular flexibility index (Phi) is 4.08. The summed E-state index contributed by atoms with van der Waals surface area (Å²) in [7, 11) is 0. The maximum Gasteiger partial charge on any atom is 0.252 e. The van der Waals surface area contributed by atoms with E-state index in [4.69, 9.17) is 0 Å². The van der Waals surface area contributed by atoms with Gasteiger partial charge in [0.1, 0.15) is 5.01 Å². The molecule has 0 aliphatic heterocycles. The fourth-order valence-electron chi connectivity index (χ4n) is 1.87. The van der Waals surface area contributed by atoms with Crippen molar-refractivity contribution in [2.75, 3.05) is 0 Å². The first-order valence-electron chi connectivity index (χ1n) is 6.43. The van der Waals surface area contributed by atoms with Gasteiger partial charge in [-0.1, -0.05) is 0 Å². The Morgan fingerprint density at radius 3 is 2.95 bits per heavy atom. The Balaban J connectivity index is 1.73. The summed E-state index contributed by atoms with van der Waals surface area (Å²) in [6.07, 6.45) is 3.52. The van der Waals surface area contributed by atoms with Gasteiger partial charge < -0.3 is 5.32 Å². The zero-order chi connectivity index (χ0) is 14.7. The highest BCUT2D eigenvalue weighted by atomic mass is 32.1. The molecule has 4 nitrogen and oxygen atoms in total. The van der Waals surface area contributed by atoms with E-state index >= 15 is 0 Å². The molecule has 0 aliphatic rings. The van der Waals surface area contributed by atoms with Crippen LogP contribution in [0, 0.1) is 0 Å². The van der Waals surface area contributed by atoms with Gasteiger partial charge in [-0.25, -0.2) is 4.98 Å². The molecule has 0 saturated carbocycles. The second-order valence-electron chi connectivity index (χ2n) is 4.52. The van der Waals surface area contributed by atoms with E-state index in [-0.39, 0.29) is 11.9 Å². The number of hydrogen-bond donors (Lipinski definition) is 1. The molecule has 0 aromatic carbocycles. The number of aromatic nitrogens is 2. The van der Waals surface area contributed by atoms with Gasteiger partial charge in [0.25, 0.3) is 5.91 Å². The summed E-state index contributed by atoms with van der Waals surface area (Å²) in [5.41, 5.74) is 2.56. The molecule has 3 aromatic heterocycles. The van der Waals surface area contributed by atoms with Crippen LogP contribution in [-0.2, 0) is 0 Å². The van der Waals surface area contributed by atoms with E-state index in [0.717, 1.165) is 16.3 Å². The number of nitrogens with zero attached hydrogens (tertiary/aromatic N) is 2. The van der Waals surface area contributed by atoms with Crippen LogP contribution in [0.15, 0.2) is 46.7 Å². The minimum atomic E-state index is -0.118. The van der Waals surface area contributed by atoms with E-state index in [9.17, 15) is 4.79 Å². The third kappa shape index (κ3) is 3.17. The van der Waals surface area contributed by atoms with E-state index in [1.54, 1.807) is 23.7 Å². The van der Waals surface area contributed by atoms with Crippen LogP contribution in [-0.4, -0.2) is 15.9 Å². The van der Waals surface area contributed by atoms with Crippen molar-refractivity contribution in [3.63, 3.8) is 0 Å². The molecular formula is C15H13N3OS2. The lowest BCUT2D eigenvalue weighted by Crippen LogP contribution is -2.26. The van der Waals surface area contributed by atoms with E-state index < -0.39 is 0 Å². The minimum Gasteiger partial charge on any atom is -0.343 e. The maximum absolute atomic E-state index is 12.0. The van der Waals surface area contributed by atoms with Crippen LogP contribution in [0.2, 0.25) is 0 Å². The first-order valence-corrected chi connectivity index (χ1v) is 8.25. The standard InChI is InChI=1S/C15H13N3OS2/c1-10(17-14(19)12-4-6-20-8-12)15-18-13(9-21-15)11-3-2-5-16-7-11/h2-10H,1H3,(H,17,19)/t10-/m1/s1. The van der Waals surface area contributed by atoms with Crippen LogP contribution >= 0.6 is 22.7 Å². The molecule has 6 heteroatoms. The molecule has 1 amide bonds. The molecule has 0 radical (unpaired) electrons. The largest absolute Gasteiger partial charge is 0.343 e. The molecule has 1 atom stereocenters. The third-order valence-corrected chi connectivity index (χ3v) is 4.69. The fourth-order valence-corrected chi connectivity index (χ4v) is 3.34. The van der Waals surface area contributed by atoms with E-state index in [1.807, 2.05) is 41.3 Å². The molecule has 3 heterocycles. The Labute approximate surface area is 130 Å². The average Bonchev–Trinajstić information content (AvgIpc) is 3.20. The van der Waals surface area contributed by atoms with Crippen molar-refractivity contribution < 1.29 is 4.79 Å². The Bertz CT molecular complexity index is 722. The number of carbonyl (C=O) groups excluding carboxylic acids is 1. The van der Waals surface area contributed by atoms with Crippen LogP contribution in [0.5, 0.6) is 0 Å². The molecule has 106 valence electrons. The molecule has 0 unspecified atom stereocenters. The van der Waals surface area contributed by atoms with Gasteiger partial charge in [0.15, 0.2) is 0 Å². The van der Waals surface area contributed by atoms with Gasteiger partial charge in [0.2, 0.25) is 0 Å². The second kappa shape index (κ2) is 6.15. The van der Waals surface area contributed by atoms with Crippen LogP contribution in [0.4, 0.5) is 0 Å². The Morgan fingerprint density at radius 2 is 2.24 bits per heavy atom. The van der Waals surface area contributed by atoms with Crippen LogP contribution < -0.4 is 5.32 Å². The molecule has 0 aliphatic carbocycles. The second-order valence-corrected chi connectivity index (χ2v) is 6.19. The van der Waals surface area contributed by atoms with Crippen LogP contribution in [0.1, 0.15) is 28.3 Å². The quantitative estimate of drug-likeness (QED) is 0.797. The molecule has 0 spiro atoms. The van der Waals surface area contributed by atoms with Gasteiger partial charge >= 0.3 is 0 Å². The number of hydrogen-bond acceptors (Lipinski definition) is 5. The highest BCUT2D eigenvalue weighted by Gasteiger charge is 2.15. The lowest BCUT2D eigenvalue weighted by Gasteiger charge is -2.10. The molecular weight excluding hydrogens is 302 g/mol. The van der Waals surface area contributed by atoms with E-state index in [2.05, 4.69) is 15.3 Å². The zero-order valence-electron chi connectivity index (χ0n) is 11.3. The van der Waals surface area contributed by atoms with Crippen molar-refractivity contribution in [3.05, 3.63) is 57.3 Å². The van der Waals surface area contributed by atoms with Crippen LogP contribution in [0.3, 0.4) is 0 Å². The zero-order valence-corrected chi connectivity index (χ0v) is 12.9. The summed E-state index contributed by atoms with van der Waals surface area (Å²) >= 11 is 3.05. The number of pyridine rings is 1. The summed E-state index contributed by atoms with van der Waals surface area (Å²) in [4.78, 5) is 20.7. The molecule has 0 saturated heterocycles. The van der Waals surface area contributed by atoms with Crippen molar-refractivity contribution in [1.82, 2.24) is 15.3 Å². The van der Waals surface area contributed by atoms with Gasteiger partial charge in [0, 0.05) is 28.7 Å². The number of nitrogens with one attached hydrogen (secondary N) is 1. The summed E-state index contributed by atoms with van der Waals surface area (Å²) < 4.78 is 0. The smallest absolute Gasteiger partial charge is 0.252 e. The molecule has 1 N–H and O–H groups in total. The van der Waals surface area contributed by atoms with Crippen molar-refractivity contribution in [2.24, 2.45) is 0 Å². The lowest BCUT2D eigenvalue weighted by atomic mass is 10.2. The lowest BCUT2D eigenvalue weighted by molar-refractivity contribution is 0.0940. The van der Waals surface area contributed by atoms with Gasteiger partial charge in [-0.3, -0.25) is 9.78 Å². The summed E-state index contributed by atoms with van der Waals surface area (Å²) in [5.74, 6) is -0.0677. The normalized spacial score (nSPS) is 12.0. The SMILES string of the molecule is C[C@@H](NC(=O)c1ccsc1)c1nc(-c2cccnc2)cs1. The summed E-state index contributed by atoms with van der Waals surface area (Å²) in [6.45, 7) is 1.94. The molecule has 21 heavy (non-hydrogen) atoms. The van der Waals surface area contributed by atoms with Crippen molar-refractivity contribution >= 4 is 28.6 Å². The summed E-state index contributed by atoms with van der Waals surface area (Å²) in [6, 6.07) is 5.56. The number of carbonyl (C=O) groups is 1. The first-order chi connectivity index (χ1) is 10.2. The number of amides is 1. The number of thiophene rings is 1. The van der Waals surface area contributed by atoms with Crippen molar-refractivity contribution in [2.45, 2.75) is 13.0 Å².